The van der Waals surface area contributed by atoms with Crippen LogP contribution >= 0.6 is 0 Å². The molecule has 0 spiro atoms. The first-order valence-corrected chi connectivity index (χ1v) is 7.01. The highest BCUT2D eigenvalue weighted by molar-refractivity contribution is 5.94. The van der Waals surface area contributed by atoms with Gasteiger partial charge in [0.2, 0.25) is 0 Å². The lowest BCUT2D eigenvalue weighted by molar-refractivity contribution is 0.0693. The molecule has 2 atom stereocenters. The standard InChI is InChI=1S/C15H19N3O2/c1-17(10-12-3-2-4-13(12)19)15(20)11-5-7-18-8-6-16-14(18)9-11/h5-9,12-13,19H,2-4,10H2,1H3. The van der Waals surface area contributed by atoms with Crippen LogP contribution in [0.3, 0.4) is 0 Å². The highest BCUT2D eigenvalue weighted by Gasteiger charge is 2.27. The van der Waals surface area contributed by atoms with Crippen LogP contribution in [-0.4, -0.2) is 45.0 Å². The summed E-state index contributed by atoms with van der Waals surface area (Å²) in [5, 5.41) is 9.85. The van der Waals surface area contributed by atoms with Crippen molar-refractivity contribution in [1.29, 1.82) is 0 Å². The van der Waals surface area contributed by atoms with Gasteiger partial charge in [0, 0.05) is 43.7 Å². The summed E-state index contributed by atoms with van der Waals surface area (Å²) < 4.78 is 1.87. The lowest BCUT2D eigenvalue weighted by Gasteiger charge is -2.23. The van der Waals surface area contributed by atoms with E-state index in [1.165, 1.54) is 0 Å². The van der Waals surface area contributed by atoms with Crippen molar-refractivity contribution in [2.45, 2.75) is 25.4 Å². The number of imidazole rings is 1. The first kappa shape index (κ1) is 13.1. The number of pyridine rings is 1. The van der Waals surface area contributed by atoms with Gasteiger partial charge in [-0.25, -0.2) is 4.98 Å². The van der Waals surface area contributed by atoms with Gasteiger partial charge in [-0.3, -0.25) is 4.79 Å². The number of hydrogen-bond acceptors (Lipinski definition) is 3. The number of rotatable bonds is 3. The average Bonchev–Trinajstić information content (AvgIpc) is 3.06. The number of hydrogen-bond donors (Lipinski definition) is 1. The van der Waals surface area contributed by atoms with Gasteiger partial charge in [-0.1, -0.05) is 6.42 Å². The molecule has 5 nitrogen and oxygen atoms in total. The maximum absolute atomic E-state index is 12.4. The molecule has 2 aromatic rings. The summed E-state index contributed by atoms with van der Waals surface area (Å²) in [7, 11) is 1.79. The second-order valence-electron chi connectivity index (χ2n) is 5.55. The molecule has 1 aliphatic carbocycles. The van der Waals surface area contributed by atoms with Crippen molar-refractivity contribution in [3.05, 3.63) is 36.3 Å². The molecule has 2 unspecified atom stereocenters. The van der Waals surface area contributed by atoms with Crippen LogP contribution in [0.25, 0.3) is 5.65 Å². The summed E-state index contributed by atoms with van der Waals surface area (Å²) in [6.07, 6.45) is 8.04. The van der Waals surface area contributed by atoms with Gasteiger partial charge in [-0.05, 0) is 25.0 Å². The molecule has 1 aliphatic rings. The molecule has 1 fully saturated rings. The second kappa shape index (κ2) is 5.25. The summed E-state index contributed by atoms with van der Waals surface area (Å²) in [4.78, 5) is 18.3. The minimum Gasteiger partial charge on any atom is -0.393 e. The number of carbonyl (C=O) groups excluding carboxylic acids is 1. The number of aliphatic hydroxyl groups excluding tert-OH is 1. The smallest absolute Gasteiger partial charge is 0.253 e. The van der Waals surface area contributed by atoms with Crippen LogP contribution < -0.4 is 0 Å². The van der Waals surface area contributed by atoms with Crippen LogP contribution in [0.2, 0.25) is 0 Å². The highest BCUT2D eigenvalue weighted by atomic mass is 16.3. The van der Waals surface area contributed by atoms with Crippen molar-refractivity contribution in [3.63, 3.8) is 0 Å². The minimum atomic E-state index is -0.264. The largest absolute Gasteiger partial charge is 0.393 e. The third kappa shape index (κ3) is 2.41. The molecule has 5 heteroatoms. The zero-order valence-corrected chi connectivity index (χ0v) is 11.6. The van der Waals surface area contributed by atoms with Gasteiger partial charge in [-0.2, -0.15) is 0 Å². The Morgan fingerprint density at radius 2 is 2.35 bits per heavy atom. The predicted octanol–water partition coefficient (Wildman–Crippen LogP) is 1.57. The Balaban J connectivity index is 1.73. The molecule has 0 aromatic carbocycles. The van der Waals surface area contributed by atoms with E-state index in [0.29, 0.717) is 12.1 Å². The molecule has 0 aliphatic heterocycles. The number of amides is 1. The van der Waals surface area contributed by atoms with Crippen molar-refractivity contribution in [1.82, 2.24) is 14.3 Å². The molecular formula is C15H19N3O2. The van der Waals surface area contributed by atoms with Crippen LogP contribution in [0.5, 0.6) is 0 Å². The lowest BCUT2D eigenvalue weighted by atomic mass is 10.1. The zero-order valence-electron chi connectivity index (χ0n) is 11.6. The molecule has 20 heavy (non-hydrogen) atoms. The van der Waals surface area contributed by atoms with Gasteiger partial charge in [0.05, 0.1) is 6.10 Å². The Morgan fingerprint density at radius 1 is 1.50 bits per heavy atom. The van der Waals surface area contributed by atoms with E-state index in [0.717, 1.165) is 24.9 Å². The Bertz CT molecular complexity index is 622. The Hall–Kier alpha value is -1.88. The molecule has 2 heterocycles. The van der Waals surface area contributed by atoms with Crippen LogP contribution in [0.4, 0.5) is 0 Å². The van der Waals surface area contributed by atoms with E-state index >= 15 is 0 Å². The van der Waals surface area contributed by atoms with Gasteiger partial charge >= 0.3 is 0 Å². The van der Waals surface area contributed by atoms with Crippen LogP contribution in [0, 0.1) is 5.92 Å². The summed E-state index contributed by atoms with van der Waals surface area (Å²) in [5.74, 6) is 0.189. The fourth-order valence-electron chi connectivity index (χ4n) is 2.93. The number of nitrogens with zero attached hydrogens (tertiary/aromatic N) is 3. The van der Waals surface area contributed by atoms with Crippen LogP contribution in [0.15, 0.2) is 30.7 Å². The van der Waals surface area contributed by atoms with Gasteiger partial charge in [0.25, 0.3) is 5.91 Å². The molecule has 0 radical (unpaired) electrons. The zero-order chi connectivity index (χ0) is 14.1. The number of aromatic nitrogens is 2. The number of carbonyl (C=O) groups is 1. The van der Waals surface area contributed by atoms with E-state index in [4.69, 9.17) is 0 Å². The Kier molecular flexibility index (Phi) is 3.44. The lowest BCUT2D eigenvalue weighted by Crippen LogP contribution is -2.34. The molecule has 2 aromatic heterocycles. The first-order valence-electron chi connectivity index (χ1n) is 7.01. The van der Waals surface area contributed by atoms with Crippen molar-refractivity contribution in [3.8, 4) is 0 Å². The fourth-order valence-corrected chi connectivity index (χ4v) is 2.93. The summed E-state index contributed by atoms with van der Waals surface area (Å²) in [6, 6.07) is 3.60. The van der Waals surface area contributed by atoms with E-state index in [1.807, 2.05) is 16.8 Å². The SMILES string of the molecule is CN(CC1CCCC1O)C(=O)c1ccn2ccnc2c1. The maximum atomic E-state index is 12.4. The number of fused-ring (bicyclic) bond motifs is 1. The van der Waals surface area contributed by atoms with Crippen molar-refractivity contribution in [2.24, 2.45) is 5.92 Å². The van der Waals surface area contributed by atoms with Crippen LogP contribution in [-0.2, 0) is 0 Å². The van der Waals surface area contributed by atoms with Crippen LogP contribution in [0.1, 0.15) is 29.6 Å². The highest BCUT2D eigenvalue weighted by Crippen LogP contribution is 2.26. The molecule has 3 rings (SSSR count). The van der Waals surface area contributed by atoms with Crippen molar-refractivity contribution in [2.75, 3.05) is 13.6 Å². The van der Waals surface area contributed by atoms with E-state index in [-0.39, 0.29) is 17.9 Å². The average molecular weight is 273 g/mol. The molecule has 0 bridgehead atoms. The topological polar surface area (TPSA) is 57.8 Å². The fraction of sp³-hybridized carbons (Fsp3) is 0.467. The molecule has 1 amide bonds. The predicted molar refractivity (Wildman–Crippen MR) is 75.5 cm³/mol. The van der Waals surface area contributed by atoms with Gasteiger partial charge in [0.15, 0.2) is 0 Å². The van der Waals surface area contributed by atoms with Gasteiger partial charge in [-0.15, -0.1) is 0 Å². The van der Waals surface area contributed by atoms with Gasteiger partial charge in [0.1, 0.15) is 5.65 Å². The minimum absolute atomic E-state index is 0.0189. The molecule has 1 saturated carbocycles. The van der Waals surface area contributed by atoms with E-state index in [9.17, 15) is 9.90 Å². The first-order chi connectivity index (χ1) is 9.65. The van der Waals surface area contributed by atoms with Crippen molar-refractivity contribution >= 4 is 11.6 Å². The molecule has 106 valence electrons. The van der Waals surface area contributed by atoms with Gasteiger partial charge < -0.3 is 14.4 Å². The Labute approximate surface area is 117 Å². The van der Waals surface area contributed by atoms with Crippen molar-refractivity contribution < 1.29 is 9.90 Å². The summed E-state index contributed by atoms with van der Waals surface area (Å²) >= 11 is 0. The van der Waals surface area contributed by atoms with E-state index in [1.54, 1.807) is 30.3 Å². The van der Waals surface area contributed by atoms with E-state index < -0.39 is 0 Å². The quantitative estimate of drug-likeness (QED) is 0.923. The third-order valence-corrected chi connectivity index (χ3v) is 4.12. The normalized spacial score (nSPS) is 22.3. The molecule has 1 N–H and O–H groups in total. The maximum Gasteiger partial charge on any atom is 0.253 e. The summed E-state index contributed by atoms with van der Waals surface area (Å²) in [5.41, 5.74) is 1.41. The second-order valence-corrected chi connectivity index (χ2v) is 5.55. The molecule has 0 saturated heterocycles. The number of aliphatic hydroxyl groups is 1. The molecular weight excluding hydrogens is 254 g/mol. The summed E-state index contributed by atoms with van der Waals surface area (Å²) in [6.45, 7) is 0.611. The Morgan fingerprint density at radius 3 is 3.10 bits per heavy atom. The van der Waals surface area contributed by atoms with E-state index in [2.05, 4.69) is 4.98 Å². The monoisotopic (exact) mass is 273 g/mol. The third-order valence-electron chi connectivity index (χ3n) is 4.12.